The maximum absolute atomic E-state index is 12.4. The van der Waals surface area contributed by atoms with Crippen LogP contribution in [0.2, 0.25) is 0 Å². The van der Waals surface area contributed by atoms with Crippen molar-refractivity contribution in [2.45, 2.75) is 4.90 Å². The Balaban J connectivity index is 1.33. The number of carbonyl (C=O) groups excluding carboxylic acids is 2. The molecule has 162 valence electrons. The summed E-state index contributed by atoms with van der Waals surface area (Å²) >= 11 is 4.15. The molecule has 4 aromatic rings. The number of thiophene rings is 1. The second-order valence-electron chi connectivity index (χ2n) is 6.53. The zero-order valence-corrected chi connectivity index (χ0v) is 19.5. The first-order chi connectivity index (χ1) is 15.6. The van der Waals surface area contributed by atoms with Gasteiger partial charge in [-0.05, 0) is 41.8 Å². The molecular weight excluding hydrogens is 462 g/mol. The fourth-order valence-corrected chi connectivity index (χ4v) is 4.98. The van der Waals surface area contributed by atoms with Gasteiger partial charge in [0.15, 0.2) is 5.13 Å². The SMILES string of the molecule is COc1ccccc1-c1csc(NC(=O)CSc2cccc(NC(=O)c3cccs3)c2)n1. The minimum absolute atomic E-state index is 0.144. The molecule has 0 fully saturated rings. The number of thiazole rings is 1. The van der Waals surface area contributed by atoms with E-state index in [1.807, 2.05) is 65.4 Å². The van der Waals surface area contributed by atoms with Gasteiger partial charge in [-0.1, -0.05) is 24.3 Å². The number of anilines is 2. The van der Waals surface area contributed by atoms with Gasteiger partial charge in [-0.2, -0.15) is 0 Å². The number of rotatable bonds is 8. The van der Waals surface area contributed by atoms with Crippen LogP contribution in [0.25, 0.3) is 11.3 Å². The molecule has 2 N–H and O–H groups in total. The topological polar surface area (TPSA) is 80.3 Å². The van der Waals surface area contributed by atoms with Gasteiger partial charge in [-0.3, -0.25) is 9.59 Å². The minimum Gasteiger partial charge on any atom is -0.496 e. The molecule has 2 aromatic carbocycles. The Morgan fingerprint density at radius 1 is 1.03 bits per heavy atom. The highest BCUT2D eigenvalue weighted by atomic mass is 32.2. The molecule has 32 heavy (non-hydrogen) atoms. The first kappa shape index (κ1) is 22.1. The van der Waals surface area contributed by atoms with Crippen LogP contribution < -0.4 is 15.4 Å². The van der Waals surface area contributed by atoms with Crippen molar-refractivity contribution in [3.63, 3.8) is 0 Å². The summed E-state index contributed by atoms with van der Waals surface area (Å²) in [6.07, 6.45) is 0. The molecule has 2 aromatic heterocycles. The van der Waals surface area contributed by atoms with Crippen LogP contribution in [0.5, 0.6) is 5.75 Å². The maximum atomic E-state index is 12.4. The van der Waals surface area contributed by atoms with Gasteiger partial charge < -0.3 is 15.4 Å². The lowest BCUT2D eigenvalue weighted by Gasteiger charge is -2.07. The summed E-state index contributed by atoms with van der Waals surface area (Å²) in [5.41, 5.74) is 2.32. The number of para-hydroxylation sites is 1. The van der Waals surface area contributed by atoms with Crippen LogP contribution in [0.1, 0.15) is 9.67 Å². The van der Waals surface area contributed by atoms with E-state index in [0.29, 0.717) is 15.7 Å². The molecule has 0 spiro atoms. The molecule has 6 nitrogen and oxygen atoms in total. The molecule has 0 radical (unpaired) electrons. The first-order valence-electron chi connectivity index (χ1n) is 9.59. The van der Waals surface area contributed by atoms with Crippen LogP contribution in [-0.2, 0) is 4.79 Å². The predicted octanol–water partition coefficient (Wildman–Crippen LogP) is 5.86. The summed E-state index contributed by atoms with van der Waals surface area (Å²) < 4.78 is 5.38. The number of nitrogens with zero attached hydrogens (tertiary/aromatic N) is 1. The largest absolute Gasteiger partial charge is 0.496 e. The van der Waals surface area contributed by atoms with E-state index in [1.165, 1.54) is 34.4 Å². The van der Waals surface area contributed by atoms with Crippen molar-refractivity contribution in [1.29, 1.82) is 0 Å². The third kappa shape index (κ3) is 5.56. The number of aromatic nitrogens is 1. The van der Waals surface area contributed by atoms with Gasteiger partial charge in [0.05, 0.1) is 23.4 Å². The van der Waals surface area contributed by atoms with Gasteiger partial charge in [0.2, 0.25) is 5.91 Å². The Kier molecular flexibility index (Phi) is 7.21. The first-order valence-corrected chi connectivity index (χ1v) is 12.3. The smallest absolute Gasteiger partial charge is 0.265 e. The summed E-state index contributed by atoms with van der Waals surface area (Å²) in [6, 6.07) is 18.7. The lowest BCUT2D eigenvalue weighted by molar-refractivity contribution is -0.113. The summed E-state index contributed by atoms with van der Waals surface area (Å²) in [7, 11) is 1.62. The fraction of sp³-hybridized carbons (Fsp3) is 0.0870. The number of methoxy groups -OCH3 is 1. The average Bonchev–Trinajstić information content (AvgIpc) is 3.50. The Morgan fingerprint density at radius 3 is 2.72 bits per heavy atom. The van der Waals surface area contributed by atoms with Crippen molar-refractivity contribution in [3.05, 3.63) is 76.3 Å². The predicted molar refractivity (Wildman–Crippen MR) is 132 cm³/mol. The molecular formula is C23H19N3O3S3. The number of amides is 2. The van der Waals surface area contributed by atoms with Crippen molar-refractivity contribution >= 4 is 57.1 Å². The number of hydrogen-bond donors (Lipinski definition) is 2. The summed E-state index contributed by atoms with van der Waals surface area (Å²) in [6.45, 7) is 0. The highest BCUT2D eigenvalue weighted by Crippen LogP contribution is 2.32. The van der Waals surface area contributed by atoms with E-state index in [-0.39, 0.29) is 17.6 Å². The lowest BCUT2D eigenvalue weighted by atomic mass is 10.1. The van der Waals surface area contributed by atoms with E-state index in [4.69, 9.17) is 4.74 Å². The second kappa shape index (κ2) is 10.4. The third-order valence-corrected chi connectivity index (χ3v) is 6.96. The minimum atomic E-state index is -0.149. The number of hydrogen-bond acceptors (Lipinski definition) is 7. The Morgan fingerprint density at radius 2 is 1.91 bits per heavy atom. The van der Waals surface area contributed by atoms with Crippen molar-refractivity contribution in [2.75, 3.05) is 23.5 Å². The second-order valence-corrected chi connectivity index (χ2v) is 9.39. The number of ether oxygens (including phenoxy) is 1. The van der Waals surface area contributed by atoms with Gasteiger partial charge in [-0.15, -0.1) is 34.4 Å². The number of thioether (sulfide) groups is 1. The van der Waals surface area contributed by atoms with Crippen LogP contribution in [-0.4, -0.2) is 29.7 Å². The Labute approximate surface area is 197 Å². The Bertz CT molecular complexity index is 1220. The monoisotopic (exact) mass is 481 g/mol. The van der Waals surface area contributed by atoms with Crippen LogP contribution in [0.3, 0.4) is 0 Å². The molecule has 0 saturated carbocycles. The van der Waals surface area contributed by atoms with Gasteiger partial charge in [-0.25, -0.2) is 4.98 Å². The van der Waals surface area contributed by atoms with Crippen LogP contribution in [0, 0.1) is 0 Å². The van der Waals surface area contributed by atoms with Gasteiger partial charge in [0, 0.05) is 21.5 Å². The molecule has 2 heterocycles. The van der Waals surface area contributed by atoms with Crippen molar-refractivity contribution in [3.8, 4) is 17.0 Å². The number of nitrogens with one attached hydrogen (secondary N) is 2. The molecule has 0 saturated heterocycles. The van der Waals surface area contributed by atoms with Crippen LogP contribution in [0.15, 0.2) is 76.3 Å². The summed E-state index contributed by atoms with van der Waals surface area (Å²) in [4.78, 5) is 30.7. The highest BCUT2D eigenvalue weighted by Gasteiger charge is 2.12. The van der Waals surface area contributed by atoms with E-state index >= 15 is 0 Å². The van der Waals surface area contributed by atoms with Crippen LogP contribution >= 0.6 is 34.4 Å². The zero-order valence-electron chi connectivity index (χ0n) is 17.0. The standard InChI is InChI=1S/C23H19N3O3S3/c1-29-19-9-3-2-8-17(19)18-13-32-23(25-18)26-21(27)14-31-16-7-4-6-15(12-16)24-22(28)20-10-5-11-30-20/h2-13H,14H2,1H3,(H,24,28)(H,25,26,27). The molecule has 0 aliphatic carbocycles. The van der Waals surface area contributed by atoms with Gasteiger partial charge >= 0.3 is 0 Å². The van der Waals surface area contributed by atoms with Crippen LogP contribution in [0.4, 0.5) is 10.8 Å². The molecule has 0 bridgehead atoms. The number of carbonyl (C=O) groups is 2. The summed E-state index contributed by atoms with van der Waals surface area (Å²) in [5, 5.41) is 10.0. The van der Waals surface area contributed by atoms with E-state index in [0.717, 1.165) is 21.9 Å². The van der Waals surface area contributed by atoms with E-state index in [9.17, 15) is 9.59 Å². The lowest BCUT2D eigenvalue weighted by Crippen LogP contribution is -2.14. The number of benzene rings is 2. The van der Waals surface area contributed by atoms with E-state index in [2.05, 4.69) is 15.6 Å². The molecule has 4 rings (SSSR count). The van der Waals surface area contributed by atoms with Crippen molar-refractivity contribution < 1.29 is 14.3 Å². The molecule has 0 aliphatic rings. The molecule has 0 unspecified atom stereocenters. The molecule has 9 heteroatoms. The highest BCUT2D eigenvalue weighted by molar-refractivity contribution is 8.00. The van der Waals surface area contributed by atoms with E-state index in [1.54, 1.807) is 13.2 Å². The molecule has 2 amide bonds. The normalized spacial score (nSPS) is 10.5. The van der Waals surface area contributed by atoms with Gasteiger partial charge in [0.25, 0.3) is 5.91 Å². The van der Waals surface area contributed by atoms with Crippen molar-refractivity contribution in [1.82, 2.24) is 4.98 Å². The quantitative estimate of drug-likeness (QED) is 0.308. The molecule has 0 aliphatic heterocycles. The fourth-order valence-electron chi connectivity index (χ4n) is 2.88. The van der Waals surface area contributed by atoms with E-state index < -0.39 is 0 Å². The van der Waals surface area contributed by atoms with Gasteiger partial charge in [0.1, 0.15) is 5.75 Å². The summed E-state index contributed by atoms with van der Waals surface area (Å²) in [5.74, 6) is 0.669. The average molecular weight is 482 g/mol. The molecule has 0 atom stereocenters. The third-order valence-electron chi connectivity index (χ3n) is 4.34. The Hall–Kier alpha value is -3.14. The van der Waals surface area contributed by atoms with Crippen molar-refractivity contribution in [2.24, 2.45) is 0 Å². The maximum Gasteiger partial charge on any atom is 0.265 e. The zero-order chi connectivity index (χ0) is 22.3.